The third-order valence-electron chi connectivity index (χ3n) is 2.15. The normalized spacial score (nSPS) is 10.7. The molecule has 4 nitrogen and oxygen atoms in total. The van der Waals surface area contributed by atoms with Crippen LogP contribution in [0.5, 0.6) is 5.75 Å². The van der Waals surface area contributed by atoms with Crippen LogP contribution in [0, 0.1) is 0 Å². The molecule has 1 rings (SSSR count). The first-order valence-electron chi connectivity index (χ1n) is 5.21. The second kappa shape index (κ2) is 6.49. The molecule has 0 aliphatic heterocycles. The second-order valence-corrected chi connectivity index (χ2v) is 3.68. The smallest absolute Gasteiger partial charge is 0.312 e. The summed E-state index contributed by atoms with van der Waals surface area (Å²) in [6.07, 6.45) is -3.17. The number of rotatable bonds is 5. The van der Waals surface area contributed by atoms with Gasteiger partial charge in [-0.1, -0.05) is 0 Å². The van der Waals surface area contributed by atoms with Crippen LogP contribution in [0.3, 0.4) is 0 Å². The molecule has 0 unspecified atom stereocenters. The number of carbonyl (C=O) groups is 1. The van der Waals surface area contributed by atoms with Crippen molar-refractivity contribution in [2.75, 3.05) is 6.61 Å². The molecule has 0 radical (unpaired) electrons. The van der Waals surface area contributed by atoms with Gasteiger partial charge in [0.25, 0.3) is 6.43 Å². The van der Waals surface area contributed by atoms with Crippen LogP contribution < -0.4 is 0 Å². The maximum Gasteiger partial charge on any atom is 0.312 e. The van der Waals surface area contributed by atoms with Gasteiger partial charge >= 0.3 is 5.97 Å². The standard InChI is InChI=1S/C11H12ClF2NO3/c1-2-18-9(16)4-7-10(17)6(5-12)3-8(15-7)11(13)14/h3,11,17H,2,4-5H2,1H3. The lowest BCUT2D eigenvalue weighted by Gasteiger charge is -2.10. The fourth-order valence-corrected chi connectivity index (χ4v) is 1.56. The highest BCUT2D eigenvalue weighted by Crippen LogP contribution is 2.28. The number of esters is 1. The predicted octanol–water partition coefficient (Wildman–Crippen LogP) is 2.57. The molecule has 0 bridgehead atoms. The van der Waals surface area contributed by atoms with E-state index in [0.717, 1.165) is 6.07 Å². The van der Waals surface area contributed by atoms with Crippen molar-refractivity contribution in [2.24, 2.45) is 0 Å². The summed E-state index contributed by atoms with van der Waals surface area (Å²) >= 11 is 5.53. The van der Waals surface area contributed by atoms with Crippen LogP contribution in [-0.2, 0) is 21.8 Å². The molecule has 0 atom stereocenters. The summed E-state index contributed by atoms with van der Waals surface area (Å²) in [7, 11) is 0. The molecule has 1 N–H and O–H groups in total. The highest BCUT2D eigenvalue weighted by molar-refractivity contribution is 6.17. The van der Waals surface area contributed by atoms with Crippen LogP contribution in [0.25, 0.3) is 0 Å². The summed E-state index contributed by atoms with van der Waals surface area (Å²) in [6, 6.07) is 1.02. The molecule has 1 aromatic heterocycles. The minimum atomic E-state index is -2.80. The van der Waals surface area contributed by atoms with Crippen LogP contribution in [-0.4, -0.2) is 22.7 Å². The van der Waals surface area contributed by atoms with E-state index in [2.05, 4.69) is 9.72 Å². The maximum atomic E-state index is 12.6. The lowest BCUT2D eigenvalue weighted by molar-refractivity contribution is -0.142. The summed E-state index contributed by atoms with van der Waals surface area (Å²) in [5.41, 5.74) is -0.564. The van der Waals surface area contributed by atoms with Gasteiger partial charge in [0.1, 0.15) is 11.4 Å². The zero-order chi connectivity index (χ0) is 13.7. The van der Waals surface area contributed by atoms with Crippen molar-refractivity contribution in [3.05, 3.63) is 23.0 Å². The Balaban J connectivity index is 3.08. The Kier molecular flexibility index (Phi) is 5.27. The lowest BCUT2D eigenvalue weighted by Crippen LogP contribution is -2.10. The van der Waals surface area contributed by atoms with Gasteiger partial charge in [-0.05, 0) is 13.0 Å². The zero-order valence-electron chi connectivity index (χ0n) is 9.62. The second-order valence-electron chi connectivity index (χ2n) is 3.42. The van der Waals surface area contributed by atoms with Crippen molar-refractivity contribution in [3.8, 4) is 5.75 Å². The molecule has 100 valence electrons. The Morgan fingerprint density at radius 2 is 2.28 bits per heavy atom. The monoisotopic (exact) mass is 279 g/mol. The van der Waals surface area contributed by atoms with E-state index in [4.69, 9.17) is 11.6 Å². The average molecular weight is 280 g/mol. The Morgan fingerprint density at radius 1 is 1.61 bits per heavy atom. The third kappa shape index (κ3) is 3.53. The van der Waals surface area contributed by atoms with Crippen molar-refractivity contribution in [1.29, 1.82) is 0 Å². The highest BCUT2D eigenvalue weighted by atomic mass is 35.5. The van der Waals surface area contributed by atoms with E-state index in [1.807, 2.05) is 0 Å². The Hall–Kier alpha value is -1.43. The maximum absolute atomic E-state index is 12.6. The van der Waals surface area contributed by atoms with Crippen LogP contribution in [0.15, 0.2) is 6.07 Å². The Morgan fingerprint density at radius 3 is 2.78 bits per heavy atom. The summed E-state index contributed by atoms with van der Waals surface area (Å²) in [4.78, 5) is 14.8. The molecule has 0 aliphatic carbocycles. The lowest BCUT2D eigenvalue weighted by atomic mass is 10.1. The van der Waals surface area contributed by atoms with Gasteiger partial charge in [-0.25, -0.2) is 13.8 Å². The van der Waals surface area contributed by atoms with Gasteiger partial charge in [0.2, 0.25) is 0 Å². The minimum Gasteiger partial charge on any atom is -0.506 e. The van der Waals surface area contributed by atoms with Crippen LogP contribution in [0.1, 0.15) is 30.3 Å². The number of hydrogen-bond donors (Lipinski definition) is 1. The molecule has 0 spiro atoms. The van der Waals surface area contributed by atoms with Gasteiger partial charge in [0, 0.05) is 5.56 Å². The van der Waals surface area contributed by atoms with Crippen molar-refractivity contribution >= 4 is 17.6 Å². The largest absolute Gasteiger partial charge is 0.506 e. The van der Waals surface area contributed by atoms with E-state index >= 15 is 0 Å². The number of ether oxygens (including phenoxy) is 1. The minimum absolute atomic E-state index is 0.112. The van der Waals surface area contributed by atoms with Gasteiger partial charge in [-0.3, -0.25) is 4.79 Å². The number of pyridine rings is 1. The van der Waals surface area contributed by atoms with Crippen molar-refractivity contribution in [3.63, 3.8) is 0 Å². The van der Waals surface area contributed by atoms with Gasteiger partial charge in [-0.15, -0.1) is 11.6 Å². The number of alkyl halides is 3. The van der Waals surface area contributed by atoms with E-state index in [0.29, 0.717) is 0 Å². The van der Waals surface area contributed by atoms with Crippen molar-refractivity contribution in [1.82, 2.24) is 4.98 Å². The van der Waals surface area contributed by atoms with Crippen LogP contribution >= 0.6 is 11.6 Å². The molecule has 1 aromatic rings. The fourth-order valence-electron chi connectivity index (χ4n) is 1.36. The van der Waals surface area contributed by atoms with Gasteiger partial charge in [0.05, 0.1) is 24.6 Å². The zero-order valence-corrected chi connectivity index (χ0v) is 10.4. The van der Waals surface area contributed by atoms with Crippen molar-refractivity contribution in [2.45, 2.75) is 25.7 Å². The molecule has 0 aromatic carbocycles. The quantitative estimate of drug-likeness (QED) is 0.665. The van der Waals surface area contributed by atoms with Crippen molar-refractivity contribution < 1.29 is 23.4 Å². The fraction of sp³-hybridized carbons (Fsp3) is 0.455. The van der Waals surface area contributed by atoms with Gasteiger partial charge in [0.15, 0.2) is 0 Å². The molecular formula is C11H12ClF2NO3. The number of halogens is 3. The van der Waals surface area contributed by atoms with E-state index in [-0.39, 0.29) is 35.9 Å². The number of hydrogen-bond acceptors (Lipinski definition) is 4. The Bertz CT molecular complexity index is 441. The molecular weight excluding hydrogens is 268 g/mol. The average Bonchev–Trinajstić information content (AvgIpc) is 2.31. The number of aromatic hydroxyl groups is 1. The molecule has 0 aliphatic rings. The van der Waals surface area contributed by atoms with Crippen LogP contribution in [0.4, 0.5) is 8.78 Å². The van der Waals surface area contributed by atoms with Crippen LogP contribution in [0.2, 0.25) is 0 Å². The summed E-state index contributed by atoms with van der Waals surface area (Å²) in [6.45, 7) is 1.78. The Labute approximate surface area is 108 Å². The molecule has 18 heavy (non-hydrogen) atoms. The summed E-state index contributed by atoms with van der Waals surface area (Å²) < 4.78 is 29.8. The first-order valence-corrected chi connectivity index (χ1v) is 5.74. The molecule has 0 amide bonds. The number of nitrogens with zero attached hydrogens (tertiary/aromatic N) is 1. The molecule has 1 heterocycles. The summed E-state index contributed by atoms with van der Waals surface area (Å²) in [5.74, 6) is -1.14. The van der Waals surface area contributed by atoms with Gasteiger partial charge < -0.3 is 9.84 Å². The third-order valence-corrected chi connectivity index (χ3v) is 2.44. The molecule has 7 heteroatoms. The molecule has 0 saturated heterocycles. The first-order chi connectivity index (χ1) is 8.49. The molecule has 0 saturated carbocycles. The SMILES string of the molecule is CCOC(=O)Cc1nc(C(F)F)cc(CCl)c1O. The number of aromatic nitrogens is 1. The van der Waals surface area contributed by atoms with Gasteiger partial charge in [-0.2, -0.15) is 0 Å². The topological polar surface area (TPSA) is 59.4 Å². The predicted molar refractivity (Wildman–Crippen MR) is 60.8 cm³/mol. The van der Waals surface area contributed by atoms with E-state index in [1.54, 1.807) is 6.92 Å². The molecule has 0 fully saturated rings. The first kappa shape index (κ1) is 14.6. The number of carbonyl (C=O) groups excluding carboxylic acids is 1. The van der Waals surface area contributed by atoms with E-state index in [9.17, 15) is 18.7 Å². The highest BCUT2D eigenvalue weighted by Gasteiger charge is 2.19. The van der Waals surface area contributed by atoms with E-state index < -0.39 is 18.1 Å². The summed E-state index contributed by atoms with van der Waals surface area (Å²) in [5, 5.41) is 9.71. The van der Waals surface area contributed by atoms with E-state index in [1.165, 1.54) is 0 Å².